The van der Waals surface area contributed by atoms with Gasteiger partial charge in [-0.3, -0.25) is 0 Å². The van der Waals surface area contributed by atoms with Crippen molar-refractivity contribution in [3.63, 3.8) is 0 Å². The summed E-state index contributed by atoms with van der Waals surface area (Å²) in [5, 5.41) is 0. The van der Waals surface area contributed by atoms with E-state index in [1.165, 1.54) is 0 Å². The Morgan fingerprint density at radius 1 is 0.545 bits per heavy atom. The Kier molecular flexibility index (Phi) is 9.09. The predicted octanol–water partition coefficient (Wildman–Crippen LogP) is 9.96. The molecule has 8 saturated carbocycles. The predicted molar refractivity (Wildman–Crippen MR) is 215 cm³/mol. The van der Waals surface area contributed by atoms with Crippen LogP contribution in [0.2, 0.25) is 0 Å². The Morgan fingerprint density at radius 3 is 1.29 bits per heavy atom. The zero-order chi connectivity index (χ0) is 38.0. The van der Waals surface area contributed by atoms with Gasteiger partial charge in [0.2, 0.25) is 0 Å². The van der Waals surface area contributed by atoms with Crippen molar-refractivity contribution >= 4 is 56.7 Å². The Bertz CT molecular complexity index is 1880. The molecule has 8 aliphatic carbocycles. The first-order valence-corrected chi connectivity index (χ1v) is 22.5. The van der Waals surface area contributed by atoms with E-state index in [4.69, 9.17) is 15.6 Å². The van der Waals surface area contributed by atoms with E-state index in [0.29, 0.717) is 49.7 Å². The topological polar surface area (TPSA) is 105 Å². The van der Waals surface area contributed by atoms with Crippen LogP contribution >= 0.6 is 20.6 Å². The maximum absolute atomic E-state index is 14.6. The van der Waals surface area contributed by atoms with Crippen molar-refractivity contribution in [2.45, 2.75) is 88.3 Å². The van der Waals surface area contributed by atoms with E-state index in [9.17, 15) is 19.2 Å². The van der Waals surface area contributed by atoms with Crippen LogP contribution in [0.1, 0.15) is 109 Å². The quantitative estimate of drug-likeness (QED) is 0.139. The molecule has 0 aliphatic heterocycles. The van der Waals surface area contributed by atoms with Crippen molar-refractivity contribution in [2.24, 2.45) is 34.5 Å². The fourth-order valence-electron chi connectivity index (χ4n) is 12.0. The van der Waals surface area contributed by atoms with Crippen molar-refractivity contribution in [1.82, 2.24) is 0 Å². The Balaban J connectivity index is 0.940. The number of carbonyl (C=O) groups is 4. The molecule has 8 fully saturated rings. The molecule has 0 N–H and O–H groups in total. The van der Waals surface area contributed by atoms with Gasteiger partial charge in [0.1, 0.15) is 0 Å². The van der Waals surface area contributed by atoms with Crippen molar-refractivity contribution in [3.05, 3.63) is 118 Å². The van der Waals surface area contributed by atoms with Gasteiger partial charge < -0.3 is 0 Å². The molecule has 0 radical (unpaired) electrons. The molecule has 3 aromatic rings. The first-order chi connectivity index (χ1) is 26.5. The second-order valence-electron chi connectivity index (χ2n) is 17.5. The van der Waals surface area contributed by atoms with Crippen LogP contribution in [0.5, 0.6) is 0 Å². The van der Waals surface area contributed by atoms with Gasteiger partial charge in [-0.2, -0.15) is 0 Å². The zero-order valence-corrected chi connectivity index (χ0v) is 33.2. The van der Waals surface area contributed by atoms with Crippen molar-refractivity contribution in [3.8, 4) is 0 Å². The molecule has 8 bridgehead atoms. The maximum atomic E-state index is 14.6. The molecular weight excluding hydrogens is 807 g/mol. The molecule has 0 heterocycles. The molecule has 286 valence electrons. The molecule has 0 aromatic heterocycles. The van der Waals surface area contributed by atoms with Gasteiger partial charge in [-0.15, -0.1) is 0 Å². The van der Waals surface area contributed by atoms with E-state index >= 15 is 0 Å². The average molecular weight is 855 g/mol. The molecule has 0 spiro atoms. The Hall–Kier alpha value is -4.25. The zero-order valence-electron chi connectivity index (χ0n) is 31.0. The summed E-state index contributed by atoms with van der Waals surface area (Å²) >= 11 is -3.36. The summed E-state index contributed by atoms with van der Waals surface area (Å²) in [5.74, 6) is -0.437. The van der Waals surface area contributed by atoms with Crippen LogP contribution in [0.25, 0.3) is 12.2 Å². The number of halogens is 1. The number of ether oxygens (including phenoxy) is 2. The summed E-state index contributed by atoms with van der Waals surface area (Å²) in [5.41, 5.74) is -0.298. The van der Waals surface area contributed by atoms with Crippen LogP contribution < -0.4 is 0 Å². The fourth-order valence-corrected chi connectivity index (χ4v) is 15.3. The van der Waals surface area contributed by atoms with Crippen LogP contribution in [-0.2, 0) is 25.2 Å². The molecule has 55 heavy (non-hydrogen) atoms. The van der Waals surface area contributed by atoms with Gasteiger partial charge in [-0.25, -0.2) is 0 Å². The minimum atomic E-state index is -3.36. The number of rotatable bonds is 11. The summed E-state index contributed by atoms with van der Waals surface area (Å²) in [6.07, 6.45) is 12.0. The molecular formula is C46H47IO8. The third-order valence-corrected chi connectivity index (χ3v) is 16.8. The van der Waals surface area contributed by atoms with Gasteiger partial charge in [0, 0.05) is 0 Å². The van der Waals surface area contributed by atoms with Crippen LogP contribution in [0.3, 0.4) is 0 Å². The molecule has 3 aromatic carbocycles. The number of hydrogen-bond acceptors (Lipinski definition) is 8. The van der Waals surface area contributed by atoms with Gasteiger partial charge in [0.15, 0.2) is 0 Å². The van der Waals surface area contributed by atoms with Crippen LogP contribution in [0, 0.1) is 38.1 Å². The number of esters is 2. The second-order valence-corrected chi connectivity index (χ2v) is 20.9. The number of hydrogen-bond donors (Lipinski definition) is 0. The molecule has 8 aliphatic rings. The summed E-state index contributed by atoms with van der Waals surface area (Å²) in [4.78, 5) is 56.2. The molecule has 4 unspecified atom stereocenters. The fraction of sp³-hybridized carbons (Fsp3) is 0.435. The van der Waals surface area contributed by atoms with E-state index in [0.717, 1.165) is 53.2 Å². The molecule has 4 atom stereocenters. The van der Waals surface area contributed by atoms with Crippen LogP contribution in [0.15, 0.2) is 92.0 Å². The summed E-state index contributed by atoms with van der Waals surface area (Å²) < 4.78 is 26.5. The van der Waals surface area contributed by atoms with E-state index in [2.05, 4.69) is 13.2 Å². The summed E-state index contributed by atoms with van der Waals surface area (Å²) in [7, 11) is 0. The Morgan fingerprint density at radius 2 is 0.927 bits per heavy atom. The first-order valence-electron chi connectivity index (χ1n) is 19.6. The monoisotopic (exact) mass is 854 g/mol. The van der Waals surface area contributed by atoms with E-state index in [1.54, 1.807) is 36.4 Å². The number of benzene rings is 3. The van der Waals surface area contributed by atoms with E-state index in [1.807, 2.05) is 54.6 Å². The van der Waals surface area contributed by atoms with Crippen molar-refractivity contribution in [2.75, 3.05) is 0 Å². The molecule has 0 saturated heterocycles. The third kappa shape index (κ3) is 6.74. The van der Waals surface area contributed by atoms with Gasteiger partial charge in [-0.05, 0) is 0 Å². The summed E-state index contributed by atoms with van der Waals surface area (Å²) in [6.45, 7) is 7.59. The SMILES string of the molecule is C=Cc1ccc(C(=O)OC23CC4CC(C2)CC(C(=O)OI(OC(=O)C25CC6CC(CC(OC(=O)c7ccc(C=C)cc7)(C6)C2)C5)c2ccccc2)(C4)C3)cc1. The minimum absolute atomic E-state index is 0.247. The molecule has 8 nitrogen and oxygen atoms in total. The van der Waals surface area contributed by atoms with E-state index < -0.39 is 42.7 Å². The van der Waals surface area contributed by atoms with Gasteiger partial charge >= 0.3 is 319 Å². The second kappa shape index (κ2) is 13.7. The van der Waals surface area contributed by atoms with Gasteiger partial charge in [-0.1, -0.05) is 13.2 Å². The summed E-state index contributed by atoms with van der Waals surface area (Å²) in [6, 6.07) is 23.8. The van der Waals surface area contributed by atoms with Crippen LogP contribution in [-0.4, -0.2) is 35.1 Å². The molecule has 11 rings (SSSR count). The first kappa shape index (κ1) is 36.4. The Labute approximate surface area is 330 Å². The van der Waals surface area contributed by atoms with Gasteiger partial charge in [0.25, 0.3) is 0 Å². The van der Waals surface area contributed by atoms with Crippen LogP contribution in [0.4, 0.5) is 0 Å². The van der Waals surface area contributed by atoms with E-state index in [-0.39, 0.29) is 47.5 Å². The standard InChI is InChI=1S/C46H47IO8/c1-3-30-10-14-36(15-11-30)39(48)52-45-24-32-18-33(25-45)21-43(20-32,28-45)41(50)54-47(38-8-6-5-7-9-38)55-42(51)44-22-34-19-35(23-44)27-46(26-34,29-44)53-40(49)37-16-12-31(4-2)13-17-37/h3-17,32-35H,1-2,18-29H2. The third-order valence-electron chi connectivity index (χ3n) is 13.5. The average Bonchev–Trinajstić information content (AvgIpc) is 3.16. The van der Waals surface area contributed by atoms with Crippen molar-refractivity contribution in [1.29, 1.82) is 0 Å². The van der Waals surface area contributed by atoms with Gasteiger partial charge in [0.05, 0.1) is 0 Å². The number of carbonyl (C=O) groups excluding carboxylic acids is 4. The van der Waals surface area contributed by atoms with Crippen molar-refractivity contribution < 1.29 is 34.8 Å². The molecule has 0 amide bonds. The normalized spacial score (nSPS) is 33.6. The molecule has 9 heteroatoms.